The van der Waals surface area contributed by atoms with E-state index in [1.54, 1.807) is 11.3 Å². The van der Waals surface area contributed by atoms with Gasteiger partial charge in [-0.3, -0.25) is 10.1 Å². The number of aromatic nitrogens is 1. The highest BCUT2D eigenvalue weighted by atomic mass is 32.1. The molecule has 2 N–H and O–H groups in total. The Morgan fingerprint density at radius 2 is 2.35 bits per heavy atom. The molecule has 0 fully saturated rings. The van der Waals surface area contributed by atoms with Crippen LogP contribution in [0.1, 0.15) is 43.4 Å². The van der Waals surface area contributed by atoms with Crippen LogP contribution in [0, 0.1) is 6.92 Å². The summed E-state index contributed by atoms with van der Waals surface area (Å²) in [5.41, 5.74) is 1.03. The van der Waals surface area contributed by atoms with Crippen LogP contribution < -0.4 is 10.6 Å². The molecule has 1 amide bonds. The summed E-state index contributed by atoms with van der Waals surface area (Å²) in [5.74, 6) is 0.0542. The van der Waals surface area contributed by atoms with Crippen molar-refractivity contribution in [2.24, 2.45) is 0 Å². The molecular weight excluding hydrogens is 234 g/mol. The Morgan fingerprint density at radius 3 is 2.94 bits per heavy atom. The Kier molecular flexibility index (Phi) is 6.15. The van der Waals surface area contributed by atoms with E-state index in [1.165, 1.54) is 0 Å². The number of nitrogens with zero attached hydrogens (tertiary/aromatic N) is 1. The summed E-state index contributed by atoms with van der Waals surface area (Å²) in [4.78, 5) is 15.9. The fraction of sp³-hybridized carbons (Fsp3) is 0.667. The lowest BCUT2D eigenvalue weighted by Crippen LogP contribution is -2.35. The fourth-order valence-electron chi connectivity index (χ4n) is 1.37. The van der Waals surface area contributed by atoms with Crippen molar-refractivity contribution in [3.8, 4) is 0 Å². The van der Waals surface area contributed by atoms with Crippen molar-refractivity contribution in [1.82, 2.24) is 15.6 Å². The van der Waals surface area contributed by atoms with E-state index in [4.69, 9.17) is 0 Å². The van der Waals surface area contributed by atoms with Gasteiger partial charge in [-0.15, -0.1) is 11.3 Å². The van der Waals surface area contributed by atoms with Gasteiger partial charge >= 0.3 is 0 Å². The minimum atomic E-state index is 0.0542. The fourth-order valence-corrected chi connectivity index (χ4v) is 2.20. The number of rotatable bonds is 7. The molecule has 0 spiro atoms. The topological polar surface area (TPSA) is 54.0 Å². The van der Waals surface area contributed by atoms with Crippen LogP contribution in [0.3, 0.4) is 0 Å². The zero-order chi connectivity index (χ0) is 12.7. The maximum atomic E-state index is 11.5. The Morgan fingerprint density at radius 1 is 1.59 bits per heavy atom. The van der Waals surface area contributed by atoms with Crippen molar-refractivity contribution >= 4 is 17.2 Å². The third kappa shape index (κ3) is 5.28. The SMILES string of the molecule is CCCCNC(=O)CNC(C)c1nc(C)cs1. The van der Waals surface area contributed by atoms with Gasteiger partial charge in [0.25, 0.3) is 0 Å². The van der Waals surface area contributed by atoms with Crippen LogP contribution in [0.2, 0.25) is 0 Å². The number of amides is 1. The van der Waals surface area contributed by atoms with Crippen LogP contribution >= 0.6 is 11.3 Å². The van der Waals surface area contributed by atoms with Crippen molar-refractivity contribution in [1.29, 1.82) is 0 Å². The van der Waals surface area contributed by atoms with Crippen LogP contribution in [0.4, 0.5) is 0 Å². The second-order valence-corrected chi connectivity index (χ2v) is 5.02. The molecule has 0 aromatic carbocycles. The lowest BCUT2D eigenvalue weighted by atomic mass is 10.3. The van der Waals surface area contributed by atoms with Gasteiger partial charge < -0.3 is 5.32 Å². The van der Waals surface area contributed by atoms with E-state index in [1.807, 2.05) is 19.2 Å². The second-order valence-electron chi connectivity index (χ2n) is 4.13. The average Bonchev–Trinajstić information content (AvgIpc) is 2.73. The van der Waals surface area contributed by atoms with E-state index in [-0.39, 0.29) is 11.9 Å². The second kappa shape index (κ2) is 7.40. The van der Waals surface area contributed by atoms with Crippen molar-refractivity contribution in [2.75, 3.05) is 13.1 Å². The normalized spacial score (nSPS) is 12.4. The highest BCUT2D eigenvalue weighted by molar-refractivity contribution is 7.09. The molecule has 0 aliphatic heterocycles. The van der Waals surface area contributed by atoms with E-state index in [9.17, 15) is 4.79 Å². The van der Waals surface area contributed by atoms with E-state index in [0.29, 0.717) is 6.54 Å². The molecule has 1 aromatic rings. The Bertz CT molecular complexity index is 351. The maximum Gasteiger partial charge on any atom is 0.233 e. The molecule has 1 heterocycles. The molecule has 0 aliphatic carbocycles. The van der Waals surface area contributed by atoms with E-state index < -0.39 is 0 Å². The van der Waals surface area contributed by atoms with Crippen LogP contribution in [-0.4, -0.2) is 24.0 Å². The number of hydrogen-bond donors (Lipinski definition) is 2. The van der Waals surface area contributed by atoms with Gasteiger partial charge in [-0.25, -0.2) is 4.98 Å². The van der Waals surface area contributed by atoms with Crippen LogP contribution in [0.25, 0.3) is 0 Å². The van der Waals surface area contributed by atoms with Crippen LogP contribution in [0.5, 0.6) is 0 Å². The first-order chi connectivity index (χ1) is 8.13. The summed E-state index contributed by atoms with van der Waals surface area (Å²) >= 11 is 1.63. The third-order valence-corrected chi connectivity index (χ3v) is 3.57. The Hall–Kier alpha value is -0.940. The van der Waals surface area contributed by atoms with Crippen molar-refractivity contribution in [3.63, 3.8) is 0 Å². The number of carbonyl (C=O) groups excluding carboxylic acids is 1. The number of aryl methyl sites for hydroxylation is 1. The summed E-state index contributed by atoms with van der Waals surface area (Å²) in [6, 6.07) is 0.130. The molecule has 0 bridgehead atoms. The van der Waals surface area contributed by atoms with Gasteiger partial charge in [-0.1, -0.05) is 13.3 Å². The first-order valence-electron chi connectivity index (χ1n) is 6.05. The zero-order valence-corrected chi connectivity index (χ0v) is 11.6. The quantitative estimate of drug-likeness (QED) is 0.733. The molecule has 4 nitrogen and oxygen atoms in total. The first-order valence-corrected chi connectivity index (χ1v) is 6.93. The van der Waals surface area contributed by atoms with Gasteiger partial charge in [-0.2, -0.15) is 0 Å². The Balaban J connectivity index is 2.23. The largest absolute Gasteiger partial charge is 0.355 e. The van der Waals surface area contributed by atoms with Gasteiger partial charge in [-0.05, 0) is 20.3 Å². The molecule has 17 heavy (non-hydrogen) atoms. The number of thiazole rings is 1. The zero-order valence-electron chi connectivity index (χ0n) is 10.7. The number of unbranched alkanes of at least 4 members (excludes halogenated alkanes) is 1. The molecule has 0 radical (unpaired) electrons. The number of carbonyl (C=O) groups is 1. The predicted molar refractivity (Wildman–Crippen MR) is 71.2 cm³/mol. The van der Waals surface area contributed by atoms with Crippen molar-refractivity contribution in [3.05, 3.63) is 16.1 Å². The molecule has 1 unspecified atom stereocenters. The van der Waals surface area contributed by atoms with Crippen LogP contribution in [-0.2, 0) is 4.79 Å². The monoisotopic (exact) mass is 255 g/mol. The molecule has 0 saturated heterocycles. The van der Waals surface area contributed by atoms with Gasteiger partial charge in [0.05, 0.1) is 12.6 Å². The first kappa shape index (κ1) is 14.1. The summed E-state index contributed by atoms with van der Waals surface area (Å²) in [6.07, 6.45) is 2.13. The minimum absolute atomic E-state index is 0.0542. The number of hydrogen-bond acceptors (Lipinski definition) is 4. The number of nitrogens with one attached hydrogen (secondary N) is 2. The van der Waals surface area contributed by atoms with Crippen molar-refractivity contribution < 1.29 is 4.79 Å². The van der Waals surface area contributed by atoms with Gasteiger partial charge in [0, 0.05) is 17.6 Å². The molecular formula is C12H21N3OS. The van der Waals surface area contributed by atoms with E-state index in [0.717, 1.165) is 30.1 Å². The molecule has 5 heteroatoms. The van der Waals surface area contributed by atoms with Gasteiger partial charge in [0.15, 0.2) is 0 Å². The highest BCUT2D eigenvalue weighted by Gasteiger charge is 2.10. The standard InChI is InChI=1S/C12H21N3OS/c1-4-5-6-13-11(16)7-14-10(3)12-15-9(2)8-17-12/h8,10,14H,4-7H2,1-3H3,(H,13,16). The molecule has 1 atom stereocenters. The van der Waals surface area contributed by atoms with Crippen molar-refractivity contribution in [2.45, 2.75) is 39.7 Å². The smallest absolute Gasteiger partial charge is 0.233 e. The van der Waals surface area contributed by atoms with Gasteiger partial charge in [0.1, 0.15) is 5.01 Å². The maximum absolute atomic E-state index is 11.5. The lowest BCUT2D eigenvalue weighted by molar-refractivity contribution is -0.120. The van der Waals surface area contributed by atoms with E-state index in [2.05, 4.69) is 22.5 Å². The highest BCUT2D eigenvalue weighted by Crippen LogP contribution is 2.16. The summed E-state index contributed by atoms with van der Waals surface area (Å²) in [6.45, 7) is 7.23. The molecule has 0 aliphatic rings. The third-order valence-electron chi connectivity index (χ3n) is 2.43. The minimum Gasteiger partial charge on any atom is -0.355 e. The summed E-state index contributed by atoms with van der Waals surface area (Å²) < 4.78 is 0. The molecule has 0 saturated carbocycles. The molecule has 96 valence electrons. The predicted octanol–water partition coefficient (Wildman–Crippen LogP) is 2.02. The summed E-state index contributed by atoms with van der Waals surface area (Å²) in [5, 5.41) is 9.11. The lowest BCUT2D eigenvalue weighted by Gasteiger charge is -2.11. The van der Waals surface area contributed by atoms with Crippen LogP contribution in [0.15, 0.2) is 5.38 Å². The molecule has 1 rings (SSSR count). The van der Waals surface area contributed by atoms with Gasteiger partial charge in [0.2, 0.25) is 5.91 Å². The summed E-state index contributed by atoms with van der Waals surface area (Å²) in [7, 11) is 0. The van der Waals surface area contributed by atoms with E-state index >= 15 is 0 Å². The molecule has 1 aromatic heterocycles. The Labute approximate surface area is 107 Å². The average molecular weight is 255 g/mol.